The van der Waals surface area contributed by atoms with E-state index < -0.39 is 17.6 Å². The number of rotatable bonds is 9. The molecule has 0 saturated carbocycles. The molecule has 2 saturated heterocycles. The molecule has 6 rings (SSSR count). The molecule has 9 nitrogen and oxygen atoms in total. The Bertz CT molecular complexity index is 1670. The minimum atomic E-state index is -1.31. The fourth-order valence-electron chi connectivity index (χ4n) is 5.55. The van der Waals surface area contributed by atoms with Gasteiger partial charge in [0.05, 0.1) is 35.4 Å². The van der Waals surface area contributed by atoms with E-state index in [2.05, 4.69) is 9.88 Å². The average Bonchev–Trinajstić information content (AvgIpc) is 3.32. The highest BCUT2D eigenvalue weighted by Crippen LogP contribution is 2.30. The van der Waals surface area contributed by atoms with Crippen LogP contribution in [0.2, 0.25) is 0 Å². The Hall–Kier alpha value is -4.56. The van der Waals surface area contributed by atoms with Crippen LogP contribution in [0, 0.1) is 28.9 Å². The Labute approximate surface area is 240 Å². The van der Waals surface area contributed by atoms with E-state index in [1.807, 2.05) is 22.8 Å². The SMILES string of the molecule is N#Cc1ccc(COc2cccc(N3CCC(Cc4nc5ccc(C(=O)O)c(F)c5n4CC4CCO4)CC3)n2)c(F)c1. The largest absolute Gasteiger partial charge is 0.478 e. The van der Waals surface area contributed by atoms with Crippen molar-refractivity contribution < 1.29 is 28.2 Å². The molecule has 1 unspecified atom stereocenters. The van der Waals surface area contributed by atoms with Gasteiger partial charge in [-0.05, 0) is 55.5 Å². The van der Waals surface area contributed by atoms with Crippen molar-refractivity contribution in [1.29, 1.82) is 5.26 Å². The van der Waals surface area contributed by atoms with Crippen molar-refractivity contribution in [2.24, 2.45) is 5.92 Å². The second-order valence-corrected chi connectivity index (χ2v) is 10.7. The number of aromatic carboxylic acids is 1. The maximum absolute atomic E-state index is 15.3. The van der Waals surface area contributed by atoms with E-state index in [1.165, 1.54) is 18.2 Å². The molecule has 2 aliphatic rings. The second-order valence-electron chi connectivity index (χ2n) is 10.7. The summed E-state index contributed by atoms with van der Waals surface area (Å²) in [6.45, 7) is 2.62. The molecular formula is C31H29F2N5O4. The fraction of sp³-hybridized carbons (Fsp3) is 0.355. The molecule has 0 radical (unpaired) electrons. The number of aromatic nitrogens is 3. The van der Waals surface area contributed by atoms with Crippen LogP contribution in [0.1, 0.15) is 46.6 Å². The van der Waals surface area contributed by atoms with E-state index in [9.17, 15) is 14.3 Å². The van der Waals surface area contributed by atoms with Crippen molar-refractivity contribution in [2.75, 3.05) is 24.6 Å². The molecule has 4 aromatic rings. The molecule has 2 aliphatic heterocycles. The lowest BCUT2D eigenvalue weighted by Gasteiger charge is -2.33. The number of piperidine rings is 1. The van der Waals surface area contributed by atoms with Crippen molar-refractivity contribution >= 4 is 22.8 Å². The maximum Gasteiger partial charge on any atom is 0.338 e. The van der Waals surface area contributed by atoms with Gasteiger partial charge in [0.25, 0.3) is 0 Å². The summed E-state index contributed by atoms with van der Waals surface area (Å²) in [7, 11) is 0. The smallest absolute Gasteiger partial charge is 0.338 e. The van der Waals surface area contributed by atoms with E-state index in [4.69, 9.17) is 19.7 Å². The first-order valence-corrected chi connectivity index (χ1v) is 14.0. The number of carboxylic acids is 1. The van der Waals surface area contributed by atoms with Crippen LogP contribution < -0.4 is 9.64 Å². The van der Waals surface area contributed by atoms with Crippen LogP contribution >= 0.6 is 0 Å². The quantitative estimate of drug-likeness (QED) is 0.294. The van der Waals surface area contributed by atoms with Crippen LogP contribution in [0.25, 0.3) is 11.0 Å². The second kappa shape index (κ2) is 11.7. The maximum atomic E-state index is 15.3. The minimum Gasteiger partial charge on any atom is -0.478 e. The van der Waals surface area contributed by atoms with E-state index in [0.29, 0.717) is 42.5 Å². The minimum absolute atomic E-state index is 0.00246. The molecular weight excluding hydrogens is 544 g/mol. The third-order valence-electron chi connectivity index (χ3n) is 8.01. The summed E-state index contributed by atoms with van der Waals surface area (Å²) in [5, 5.41) is 18.4. The zero-order valence-electron chi connectivity index (χ0n) is 22.8. The summed E-state index contributed by atoms with van der Waals surface area (Å²) in [5.74, 6) is -0.365. The van der Waals surface area contributed by atoms with Gasteiger partial charge in [0.1, 0.15) is 29.6 Å². The van der Waals surface area contributed by atoms with Gasteiger partial charge in [0.15, 0.2) is 5.82 Å². The lowest BCUT2D eigenvalue weighted by atomic mass is 9.93. The van der Waals surface area contributed by atoms with Crippen LogP contribution in [0.5, 0.6) is 5.88 Å². The Morgan fingerprint density at radius 2 is 1.93 bits per heavy atom. The molecule has 0 aliphatic carbocycles. The van der Waals surface area contributed by atoms with Gasteiger partial charge in [0, 0.05) is 37.7 Å². The van der Waals surface area contributed by atoms with Crippen LogP contribution in [-0.2, 0) is 24.3 Å². The summed E-state index contributed by atoms with van der Waals surface area (Å²) >= 11 is 0. The number of fused-ring (bicyclic) bond motifs is 1. The third-order valence-corrected chi connectivity index (χ3v) is 8.01. The van der Waals surface area contributed by atoms with Gasteiger partial charge < -0.3 is 24.0 Å². The predicted octanol–water partition coefficient (Wildman–Crippen LogP) is 5.11. The monoisotopic (exact) mass is 573 g/mol. The average molecular weight is 574 g/mol. The molecule has 2 aromatic heterocycles. The first-order valence-electron chi connectivity index (χ1n) is 14.0. The number of halogens is 2. The highest BCUT2D eigenvalue weighted by molar-refractivity contribution is 5.93. The van der Waals surface area contributed by atoms with Gasteiger partial charge in [-0.15, -0.1) is 0 Å². The number of pyridine rings is 1. The van der Waals surface area contributed by atoms with E-state index in [-0.39, 0.29) is 29.4 Å². The number of carbonyl (C=O) groups is 1. The molecule has 11 heteroatoms. The number of benzene rings is 2. The molecule has 0 amide bonds. The van der Waals surface area contributed by atoms with Crippen molar-refractivity contribution in [2.45, 2.75) is 44.9 Å². The van der Waals surface area contributed by atoms with Gasteiger partial charge in [0.2, 0.25) is 5.88 Å². The number of hydrogen-bond donors (Lipinski definition) is 1. The van der Waals surface area contributed by atoms with Crippen LogP contribution in [-0.4, -0.2) is 51.4 Å². The normalized spacial score (nSPS) is 17.2. The molecule has 1 N–H and O–H groups in total. The Kier molecular flexibility index (Phi) is 7.71. The van der Waals surface area contributed by atoms with Crippen molar-refractivity contribution in [3.8, 4) is 11.9 Å². The standard InChI is InChI=1S/C31H29F2N5O4/c32-24-14-20(16-34)4-5-21(24)18-42-28-3-1-2-26(36-28)37-11-8-19(9-12-37)15-27-35-25-7-6-23(31(39)40)29(33)30(25)38(27)17-22-10-13-41-22/h1-7,14,19,22H,8-13,15,17-18H2,(H,39,40). The van der Waals surface area contributed by atoms with Gasteiger partial charge in [-0.2, -0.15) is 10.2 Å². The number of anilines is 1. The number of carboxylic acid groups (broad SMARTS) is 1. The van der Waals surface area contributed by atoms with E-state index in [0.717, 1.165) is 44.0 Å². The summed E-state index contributed by atoms with van der Waals surface area (Å²) in [5.41, 5.74) is 0.907. The number of ether oxygens (including phenoxy) is 2. The zero-order valence-corrected chi connectivity index (χ0v) is 22.8. The highest BCUT2D eigenvalue weighted by atomic mass is 19.1. The predicted molar refractivity (Wildman–Crippen MR) is 149 cm³/mol. The Balaban J connectivity index is 1.12. The van der Waals surface area contributed by atoms with Crippen LogP contribution in [0.15, 0.2) is 48.5 Å². The van der Waals surface area contributed by atoms with Crippen molar-refractivity contribution in [3.63, 3.8) is 0 Å². The lowest BCUT2D eigenvalue weighted by molar-refractivity contribution is -0.0591. The number of nitrogens with zero attached hydrogens (tertiary/aromatic N) is 5. The zero-order chi connectivity index (χ0) is 29.2. The van der Waals surface area contributed by atoms with Gasteiger partial charge in [-0.1, -0.05) is 12.1 Å². The molecule has 4 heterocycles. The number of hydrogen-bond acceptors (Lipinski definition) is 7. The van der Waals surface area contributed by atoms with Crippen molar-refractivity contribution in [1.82, 2.24) is 14.5 Å². The summed E-state index contributed by atoms with van der Waals surface area (Å²) in [6, 6.07) is 14.5. The van der Waals surface area contributed by atoms with Gasteiger partial charge in [-0.25, -0.2) is 18.6 Å². The lowest BCUT2D eigenvalue weighted by Crippen LogP contribution is -2.35. The van der Waals surface area contributed by atoms with E-state index >= 15 is 4.39 Å². The fourth-order valence-corrected chi connectivity index (χ4v) is 5.55. The molecule has 1 atom stereocenters. The first-order chi connectivity index (χ1) is 20.4. The molecule has 2 fully saturated rings. The van der Waals surface area contributed by atoms with Crippen LogP contribution in [0.4, 0.5) is 14.6 Å². The van der Waals surface area contributed by atoms with Gasteiger partial charge in [-0.3, -0.25) is 0 Å². The molecule has 0 bridgehead atoms. The summed E-state index contributed by atoms with van der Waals surface area (Å²) < 4.78 is 42.7. The highest BCUT2D eigenvalue weighted by Gasteiger charge is 2.28. The molecule has 42 heavy (non-hydrogen) atoms. The van der Waals surface area contributed by atoms with Crippen molar-refractivity contribution in [3.05, 3.63) is 82.7 Å². The van der Waals surface area contributed by atoms with Crippen LogP contribution in [0.3, 0.4) is 0 Å². The van der Waals surface area contributed by atoms with Gasteiger partial charge >= 0.3 is 5.97 Å². The number of imidazole rings is 1. The van der Waals surface area contributed by atoms with E-state index in [1.54, 1.807) is 18.2 Å². The molecule has 0 spiro atoms. The Morgan fingerprint density at radius 1 is 1.12 bits per heavy atom. The third kappa shape index (κ3) is 5.63. The summed E-state index contributed by atoms with van der Waals surface area (Å²) in [4.78, 5) is 23.1. The summed E-state index contributed by atoms with van der Waals surface area (Å²) in [6.07, 6.45) is 3.22. The molecule has 2 aromatic carbocycles. The first kappa shape index (κ1) is 27.6. The Morgan fingerprint density at radius 3 is 2.62 bits per heavy atom. The topological polar surface area (TPSA) is 114 Å². The number of nitriles is 1. The molecule has 216 valence electrons.